The molecule has 5 heteroatoms. The minimum atomic E-state index is -2.98. The largest absolute Gasteiger partial charge is 0.310 e. The van der Waals surface area contributed by atoms with Gasteiger partial charge in [0.1, 0.15) is 0 Å². The Morgan fingerprint density at radius 3 is 0.938 bits per heavy atom. The fourth-order valence-corrected chi connectivity index (χ4v) is 22.7. The summed E-state index contributed by atoms with van der Waals surface area (Å²) in [4.78, 5) is 5.01. The van der Waals surface area contributed by atoms with Crippen molar-refractivity contribution in [3.63, 3.8) is 0 Å². The zero-order chi connectivity index (χ0) is 81.7. The molecule has 0 atom stereocenters. The summed E-state index contributed by atoms with van der Waals surface area (Å²) in [6, 6.07) is 141. The van der Waals surface area contributed by atoms with E-state index in [0.29, 0.717) is 5.69 Å². The highest BCUT2D eigenvalue weighted by Gasteiger charge is 2.47. The van der Waals surface area contributed by atoms with Crippen LogP contribution in [-0.4, -0.2) is 19.4 Å². The molecule has 528 valence electrons. The van der Waals surface area contributed by atoms with Gasteiger partial charge in [-0.2, -0.15) is 0 Å². The van der Waals surface area contributed by atoms with Crippen molar-refractivity contribution in [3.8, 4) is 94.7 Å². The Hall–Kier alpha value is -14.4. The molecule has 0 fully saturated rings. The topological polar surface area (TPSA) is 11.4 Å². The van der Waals surface area contributed by atoms with Gasteiger partial charge in [0.25, 0.3) is 6.71 Å². The van der Waals surface area contributed by atoms with Gasteiger partial charge >= 0.3 is 0 Å². The number of hydrogen-bond acceptors (Lipinski definition) is 2. The Labute approximate surface area is 672 Å². The van der Waals surface area contributed by atoms with Gasteiger partial charge in [0.05, 0.1) is 33.4 Å². The first-order valence-electron chi connectivity index (χ1n) is 42.5. The number of rotatable bonds is 15. The van der Waals surface area contributed by atoms with Crippen molar-refractivity contribution < 1.29 is 11.0 Å². The Bertz CT molecular complexity index is 6970. The third-order valence-corrected chi connectivity index (χ3v) is 27.7. The molecule has 0 bridgehead atoms. The average molecular weight is 1460 g/mol. The summed E-state index contributed by atoms with van der Waals surface area (Å²) in [6.45, 7) is -0.574. The number of para-hydroxylation sites is 2. The lowest BCUT2D eigenvalue weighted by atomic mass is 9.33. The van der Waals surface area contributed by atoms with E-state index in [-0.39, 0.29) is 33.9 Å². The molecule has 113 heavy (non-hydrogen) atoms. The second-order valence-corrected chi connectivity index (χ2v) is 33.0. The van der Waals surface area contributed by atoms with E-state index in [1.807, 2.05) is 24.3 Å². The number of hydrogen-bond donors (Lipinski definition) is 0. The maximum absolute atomic E-state index is 9.97. The molecule has 1 aromatic heterocycles. The maximum Gasteiger partial charge on any atom is 0.252 e. The first-order chi connectivity index (χ1) is 59.4. The lowest BCUT2D eigenvalue weighted by Crippen LogP contribution is -2.74. The highest BCUT2D eigenvalue weighted by molar-refractivity contribution is 7.20. The van der Waals surface area contributed by atoms with Gasteiger partial charge in [0.15, 0.2) is 8.07 Å². The van der Waals surface area contributed by atoms with Crippen molar-refractivity contribution in [2.24, 2.45) is 0 Å². The molecule has 2 aliphatic heterocycles. The van der Waals surface area contributed by atoms with Crippen LogP contribution in [0.15, 0.2) is 449 Å². The van der Waals surface area contributed by atoms with E-state index in [4.69, 9.17) is 0 Å². The molecule has 0 spiro atoms. The van der Waals surface area contributed by atoms with E-state index in [1.54, 1.807) is 4.57 Å². The SMILES string of the molecule is [2H]c1c([2H])c([2H])c2c(c1[2H])c1c([2H])c([2H])c([2H])c([2H])c1n2-c1ccc2c(c1)N(c1c(-c3ccccc3)cc(-c3ccccc3)cc1-c1ccccc1)c1cc(-c3ccccc3)cc3c1B2c1cc(-c2ccc([Si](c4ccccc4)(c4ccccc4)c4ccccc4)cc2)ccc1N3c1c(-c2ccccc2)cc(-c2ccccc2)cc1-c1ccccc1. The lowest BCUT2D eigenvalue weighted by Gasteiger charge is -2.46. The fourth-order valence-electron chi connectivity index (χ4n) is 17.9. The minimum Gasteiger partial charge on any atom is -0.310 e. The minimum absolute atomic E-state index is 0.00377. The molecule has 0 radical (unpaired) electrons. The van der Waals surface area contributed by atoms with Gasteiger partial charge in [-0.15, -0.1) is 0 Å². The standard InChI is InChI=1S/C108H74BN3Si/c1-11-35-75(36-12-1)84-67-94(79-41-17-4-18-42-79)107(95(68-84)80-43-19-5-20-44-80)111-102-66-61-83(78-59-63-91(64-60-78)113(88-49-25-8-26-50-88,89-51-27-9-28-52-89)90-53-29-10-30-54-90)71-99(102)109-98-65-62-87(110-100-57-33-31-55-92(100)93-56-32-34-58-101(93)110)74-103(98)112(105-73-86(72-104(111)106(105)109)77-39-15-3-16-40-77)108-96(81-45-21-6-22-46-81)69-85(76-37-13-2-14-38-76)70-97(108)82-47-23-7-24-48-82/h1-74H/i31D,32D,33D,34D,55D,56D,57D,58D. The van der Waals surface area contributed by atoms with Gasteiger partial charge in [-0.25, -0.2) is 0 Å². The second kappa shape index (κ2) is 28.3. The number of anilines is 6. The van der Waals surface area contributed by atoms with Gasteiger partial charge in [0, 0.05) is 61.5 Å². The molecular formula is C108H74BN3Si. The summed E-state index contributed by atoms with van der Waals surface area (Å²) in [5.41, 5.74) is 24.6. The van der Waals surface area contributed by atoms with Crippen molar-refractivity contribution >= 4 is 108 Å². The predicted molar refractivity (Wildman–Crippen MR) is 482 cm³/mol. The van der Waals surface area contributed by atoms with Crippen molar-refractivity contribution in [1.82, 2.24) is 4.57 Å². The third-order valence-electron chi connectivity index (χ3n) is 22.9. The molecule has 0 N–H and O–H groups in total. The summed E-state index contributed by atoms with van der Waals surface area (Å²) in [5.74, 6) is 0. The number of benzene rings is 18. The van der Waals surface area contributed by atoms with Crippen molar-refractivity contribution in [3.05, 3.63) is 449 Å². The van der Waals surface area contributed by atoms with Crippen LogP contribution in [0.4, 0.5) is 34.1 Å². The van der Waals surface area contributed by atoms with Gasteiger partial charge in [0.2, 0.25) is 0 Å². The zero-order valence-corrected chi connectivity index (χ0v) is 62.5. The van der Waals surface area contributed by atoms with Gasteiger partial charge in [-0.1, -0.05) is 382 Å². The average Bonchev–Trinajstić information content (AvgIpc) is 1.49. The van der Waals surface area contributed by atoms with Crippen LogP contribution in [0.3, 0.4) is 0 Å². The zero-order valence-electron chi connectivity index (χ0n) is 69.5. The molecule has 21 rings (SSSR count). The molecule has 0 unspecified atom stereocenters. The van der Waals surface area contributed by atoms with Crippen LogP contribution in [0.1, 0.15) is 11.0 Å². The molecule has 0 aliphatic carbocycles. The molecule has 18 aromatic carbocycles. The fraction of sp³-hybridized carbons (Fsp3) is 0. The summed E-state index contributed by atoms with van der Waals surface area (Å²) < 4.78 is 78.1. The molecule has 19 aromatic rings. The third kappa shape index (κ3) is 11.4. The maximum atomic E-state index is 9.97. The van der Waals surface area contributed by atoms with E-state index in [0.717, 1.165) is 140 Å². The summed E-state index contributed by atoms with van der Waals surface area (Å²) in [5, 5.41) is 5.07. The summed E-state index contributed by atoms with van der Waals surface area (Å²) in [6.07, 6.45) is 0. The van der Waals surface area contributed by atoms with Crippen molar-refractivity contribution in [1.29, 1.82) is 0 Å². The highest BCUT2D eigenvalue weighted by Crippen LogP contribution is 2.56. The van der Waals surface area contributed by atoms with Gasteiger partial charge in [-0.3, -0.25) is 0 Å². The summed E-state index contributed by atoms with van der Waals surface area (Å²) in [7, 11) is -2.98. The number of aromatic nitrogens is 1. The monoisotopic (exact) mass is 1460 g/mol. The van der Waals surface area contributed by atoms with Crippen LogP contribution in [0.2, 0.25) is 0 Å². The number of nitrogens with zero attached hydrogens (tertiary/aromatic N) is 3. The molecule has 2 aliphatic rings. The van der Waals surface area contributed by atoms with Crippen LogP contribution in [0.25, 0.3) is 117 Å². The van der Waals surface area contributed by atoms with Crippen LogP contribution >= 0.6 is 0 Å². The molecular weight excluding hydrogens is 1380 g/mol. The molecule has 3 nitrogen and oxygen atoms in total. The first kappa shape index (κ1) is 58.6. The smallest absolute Gasteiger partial charge is 0.252 e. The van der Waals surface area contributed by atoms with Crippen LogP contribution in [0, 0.1) is 0 Å². The first-order valence-corrected chi connectivity index (χ1v) is 40.5. The van der Waals surface area contributed by atoms with E-state index >= 15 is 0 Å². The molecule has 0 saturated carbocycles. The molecule has 0 saturated heterocycles. The van der Waals surface area contributed by atoms with E-state index in [1.165, 1.54) is 20.7 Å². The van der Waals surface area contributed by atoms with E-state index in [9.17, 15) is 11.0 Å². The van der Waals surface area contributed by atoms with Gasteiger partial charge < -0.3 is 14.4 Å². The van der Waals surface area contributed by atoms with Crippen molar-refractivity contribution in [2.45, 2.75) is 0 Å². The molecule has 3 heterocycles. The van der Waals surface area contributed by atoms with E-state index < -0.39 is 51.0 Å². The van der Waals surface area contributed by atoms with Crippen LogP contribution < -0.4 is 46.9 Å². The second-order valence-electron chi connectivity index (χ2n) is 29.2. The Kier molecular flexibility index (Phi) is 14.7. The van der Waals surface area contributed by atoms with Crippen LogP contribution in [0.5, 0.6) is 0 Å². The van der Waals surface area contributed by atoms with Crippen LogP contribution in [-0.2, 0) is 0 Å². The number of fused-ring (bicyclic) bond motifs is 7. The predicted octanol–water partition coefficient (Wildman–Crippen LogP) is 23.6. The Morgan fingerprint density at radius 2 is 0.549 bits per heavy atom. The summed E-state index contributed by atoms with van der Waals surface area (Å²) >= 11 is 0. The Balaban J connectivity index is 0.930. The van der Waals surface area contributed by atoms with Gasteiger partial charge in [-0.05, 0) is 171 Å². The quantitative estimate of drug-likeness (QED) is 0.0749. The van der Waals surface area contributed by atoms with Crippen molar-refractivity contribution in [2.75, 3.05) is 9.80 Å². The molecule has 0 amide bonds. The Morgan fingerprint density at radius 1 is 0.230 bits per heavy atom. The normalized spacial score (nSPS) is 13.2. The van der Waals surface area contributed by atoms with E-state index in [2.05, 4.69) is 386 Å². The highest BCUT2D eigenvalue weighted by atomic mass is 28.3. The lowest BCUT2D eigenvalue weighted by molar-refractivity contribution is 1.17.